The van der Waals surface area contributed by atoms with Crippen molar-refractivity contribution in [2.24, 2.45) is 0 Å². The normalized spacial score (nSPS) is 12.4. The molecule has 2 heteroatoms. The van der Waals surface area contributed by atoms with Gasteiger partial charge in [-0.05, 0) is 27.3 Å². The molecule has 0 bridgehead atoms. The monoisotopic (exact) mass is 169 g/mol. The second kappa shape index (κ2) is 7.15. The minimum Gasteiger partial charge on any atom is -0.393 e. The molecular formula is C10H19NO. The SMILES string of the molecule is CC#CCCN(C)CCC(C)O. The van der Waals surface area contributed by atoms with E-state index in [1.165, 1.54) is 0 Å². The van der Waals surface area contributed by atoms with Gasteiger partial charge in [0.15, 0.2) is 0 Å². The predicted molar refractivity (Wildman–Crippen MR) is 51.9 cm³/mol. The number of hydrogen-bond acceptors (Lipinski definition) is 2. The van der Waals surface area contributed by atoms with Crippen molar-refractivity contribution in [1.29, 1.82) is 0 Å². The van der Waals surface area contributed by atoms with Crippen LogP contribution in [0.2, 0.25) is 0 Å². The molecule has 0 spiro atoms. The van der Waals surface area contributed by atoms with E-state index >= 15 is 0 Å². The first-order chi connectivity index (χ1) is 5.66. The zero-order valence-electron chi connectivity index (χ0n) is 8.30. The van der Waals surface area contributed by atoms with Crippen LogP contribution < -0.4 is 0 Å². The molecule has 0 fully saturated rings. The van der Waals surface area contributed by atoms with Crippen molar-refractivity contribution in [2.75, 3.05) is 20.1 Å². The van der Waals surface area contributed by atoms with Crippen molar-refractivity contribution in [3.63, 3.8) is 0 Å². The first kappa shape index (κ1) is 11.5. The van der Waals surface area contributed by atoms with Gasteiger partial charge in [-0.25, -0.2) is 0 Å². The standard InChI is InChI=1S/C10H19NO/c1-4-5-6-8-11(3)9-7-10(2)12/h10,12H,6-9H2,1-3H3. The van der Waals surface area contributed by atoms with Crippen LogP contribution in [0.15, 0.2) is 0 Å². The highest BCUT2D eigenvalue weighted by Crippen LogP contribution is 1.93. The van der Waals surface area contributed by atoms with Crippen LogP contribution in [0, 0.1) is 11.8 Å². The van der Waals surface area contributed by atoms with Gasteiger partial charge in [-0.1, -0.05) is 0 Å². The molecule has 0 aromatic heterocycles. The van der Waals surface area contributed by atoms with Gasteiger partial charge in [0.25, 0.3) is 0 Å². The van der Waals surface area contributed by atoms with Crippen LogP contribution in [0.3, 0.4) is 0 Å². The van der Waals surface area contributed by atoms with Crippen LogP contribution in [0.5, 0.6) is 0 Å². The van der Waals surface area contributed by atoms with E-state index in [0.29, 0.717) is 0 Å². The number of hydrogen-bond donors (Lipinski definition) is 1. The van der Waals surface area contributed by atoms with E-state index in [9.17, 15) is 0 Å². The highest BCUT2D eigenvalue weighted by Gasteiger charge is 1.99. The van der Waals surface area contributed by atoms with Gasteiger partial charge < -0.3 is 10.0 Å². The Morgan fingerprint density at radius 2 is 2.08 bits per heavy atom. The van der Waals surface area contributed by atoms with E-state index in [2.05, 4.69) is 23.8 Å². The Morgan fingerprint density at radius 1 is 1.42 bits per heavy atom. The van der Waals surface area contributed by atoms with Crippen LogP contribution in [0.25, 0.3) is 0 Å². The smallest absolute Gasteiger partial charge is 0.0524 e. The molecule has 12 heavy (non-hydrogen) atoms. The number of rotatable bonds is 5. The molecule has 0 aliphatic heterocycles. The summed E-state index contributed by atoms with van der Waals surface area (Å²) >= 11 is 0. The van der Waals surface area contributed by atoms with Crippen molar-refractivity contribution < 1.29 is 5.11 Å². The predicted octanol–water partition coefficient (Wildman–Crippen LogP) is 1.10. The molecule has 0 amide bonds. The minimum absolute atomic E-state index is 0.190. The Hall–Kier alpha value is -0.520. The zero-order valence-corrected chi connectivity index (χ0v) is 8.30. The molecule has 0 radical (unpaired) electrons. The van der Waals surface area contributed by atoms with Gasteiger partial charge in [-0.3, -0.25) is 0 Å². The van der Waals surface area contributed by atoms with E-state index in [4.69, 9.17) is 5.11 Å². The Kier molecular flexibility index (Phi) is 6.84. The summed E-state index contributed by atoms with van der Waals surface area (Å²) in [6, 6.07) is 0. The molecule has 0 heterocycles. The summed E-state index contributed by atoms with van der Waals surface area (Å²) in [6.07, 6.45) is 1.58. The lowest BCUT2D eigenvalue weighted by atomic mass is 10.2. The average molecular weight is 169 g/mol. The lowest BCUT2D eigenvalue weighted by molar-refractivity contribution is 0.165. The molecule has 1 atom stereocenters. The molecule has 0 aromatic carbocycles. The van der Waals surface area contributed by atoms with Crippen LogP contribution in [-0.2, 0) is 0 Å². The fraction of sp³-hybridized carbons (Fsp3) is 0.800. The molecule has 1 unspecified atom stereocenters. The molecule has 2 nitrogen and oxygen atoms in total. The summed E-state index contributed by atoms with van der Waals surface area (Å²) in [5.41, 5.74) is 0. The molecule has 1 N–H and O–H groups in total. The van der Waals surface area contributed by atoms with Crippen LogP contribution in [0.4, 0.5) is 0 Å². The van der Waals surface area contributed by atoms with E-state index in [-0.39, 0.29) is 6.10 Å². The first-order valence-corrected chi connectivity index (χ1v) is 4.43. The van der Waals surface area contributed by atoms with Gasteiger partial charge in [-0.2, -0.15) is 0 Å². The van der Waals surface area contributed by atoms with Crippen molar-refractivity contribution in [3.8, 4) is 11.8 Å². The van der Waals surface area contributed by atoms with Gasteiger partial charge >= 0.3 is 0 Å². The number of aliphatic hydroxyl groups is 1. The summed E-state index contributed by atoms with van der Waals surface area (Å²) in [5, 5.41) is 9.02. The van der Waals surface area contributed by atoms with Gasteiger partial charge in [0.1, 0.15) is 0 Å². The van der Waals surface area contributed by atoms with Crippen molar-refractivity contribution >= 4 is 0 Å². The second-order valence-corrected chi connectivity index (χ2v) is 3.12. The van der Waals surface area contributed by atoms with E-state index in [0.717, 1.165) is 25.9 Å². The van der Waals surface area contributed by atoms with Crippen LogP contribution in [-0.4, -0.2) is 36.2 Å². The van der Waals surface area contributed by atoms with Crippen molar-refractivity contribution in [1.82, 2.24) is 4.90 Å². The summed E-state index contributed by atoms with van der Waals surface area (Å²) in [7, 11) is 2.06. The molecule has 0 aliphatic rings. The third kappa shape index (κ3) is 7.59. The quantitative estimate of drug-likeness (QED) is 0.623. The summed E-state index contributed by atoms with van der Waals surface area (Å²) < 4.78 is 0. The van der Waals surface area contributed by atoms with E-state index < -0.39 is 0 Å². The Bertz CT molecular complexity index is 155. The molecule has 0 rings (SSSR count). The lowest BCUT2D eigenvalue weighted by Crippen LogP contribution is -2.23. The summed E-state index contributed by atoms with van der Waals surface area (Å²) in [6.45, 7) is 5.62. The third-order valence-electron chi connectivity index (χ3n) is 1.72. The third-order valence-corrected chi connectivity index (χ3v) is 1.72. The zero-order chi connectivity index (χ0) is 9.40. The molecule has 0 saturated heterocycles. The highest BCUT2D eigenvalue weighted by atomic mass is 16.3. The highest BCUT2D eigenvalue weighted by molar-refractivity contribution is 4.95. The van der Waals surface area contributed by atoms with Crippen LogP contribution >= 0.6 is 0 Å². The van der Waals surface area contributed by atoms with Gasteiger partial charge in [0, 0.05) is 19.5 Å². The number of nitrogens with zero attached hydrogens (tertiary/aromatic N) is 1. The van der Waals surface area contributed by atoms with Gasteiger partial charge in [0.05, 0.1) is 6.10 Å². The molecule has 0 aromatic rings. The summed E-state index contributed by atoms with van der Waals surface area (Å²) in [4.78, 5) is 2.19. The van der Waals surface area contributed by atoms with Crippen molar-refractivity contribution in [3.05, 3.63) is 0 Å². The van der Waals surface area contributed by atoms with Crippen LogP contribution in [0.1, 0.15) is 26.7 Å². The number of aliphatic hydroxyl groups excluding tert-OH is 1. The molecule has 0 saturated carbocycles. The minimum atomic E-state index is -0.190. The maximum atomic E-state index is 9.02. The molecule has 0 aliphatic carbocycles. The fourth-order valence-corrected chi connectivity index (χ4v) is 0.891. The van der Waals surface area contributed by atoms with E-state index in [1.54, 1.807) is 0 Å². The molecule has 70 valence electrons. The average Bonchev–Trinajstić information content (AvgIpc) is 2.01. The fourth-order valence-electron chi connectivity index (χ4n) is 0.891. The second-order valence-electron chi connectivity index (χ2n) is 3.12. The Morgan fingerprint density at radius 3 is 2.58 bits per heavy atom. The topological polar surface area (TPSA) is 23.5 Å². The van der Waals surface area contributed by atoms with E-state index in [1.807, 2.05) is 13.8 Å². The first-order valence-electron chi connectivity index (χ1n) is 4.43. The van der Waals surface area contributed by atoms with Gasteiger partial charge in [-0.15, -0.1) is 11.8 Å². The lowest BCUT2D eigenvalue weighted by Gasteiger charge is -2.15. The van der Waals surface area contributed by atoms with Gasteiger partial charge in [0.2, 0.25) is 0 Å². The Labute approximate surface area is 75.6 Å². The molecular weight excluding hydrogens is 150 g/mol. The largest absolute Gasteiger partial charge is 0.393 e. The maximum absolute atomic E-state index is 9.02. The maximum Gasteiger partial charge on any atom is 0.0524 e. The van der Waals surface area contributed by atoms with Crippen molar-refractivity contribution in [2.45, 2.75) is 32.8 Å². The Balaban J connectivity index is 3.31. The summed E-state index contributed by atoms with van der Waals surface area (Å²) in [5.74, 6) is 5.87.